The molecule has 15 heavy (non-hydrogen) atoms. The standard InChI is InChI=1S/C11H19NO2S/c13-10-12(6-7-14-10)8-11(9-15)4-2-1-3-5-11/h15H,1-9H2. The first kappa shape index (κ1) is 11.1. The van der Waals surface area contributed by atoms with Gasteiger partial charge in [0.15, 0.2) is 0 Å². The molecule has 0 atom stereocenters. The molecule has 0 spiro atoms. The van der Waals surface area contributed by atoms with Gasteiger partial charge in [-0.2, -0.15) is 12.6 Å². The van der Waals surface area contributed by atoms with Crippen molar-refractivity contribution in [2.24, 2.45) is 5.41 Å². The molecule has 0 aromatic heterocycles. The second kappa shape index (κ2) is 4.64. The Balaban J connectivity index is 1.97. The Bertz CT molecular complexity index is 239. The van der Waals surface area contributed by atoms with Crippen LogP contribution in [0.4, 0.5) is 4.79 Å². The molecule has 1 aliphatic heterocycles. The highest BCUT2D eigenvalue weighted by molar-refractivity contribution is 7.80. The Kier molecular flexibility index (Phi) is 3.44. The van der Waals surface area contributed by atoms with E-state index in [2.05, 4.69) is 12.6 Å². The van der Waals surface area contributed by atoms with E-state index in [1.807, 2.05) is 4.90 Å². The lowest BCUT2D eigenvalue weighted by atomic mass is 9.75. The summed E-state index contributed by atoms with van der Waals surface area (Å²) in [6.45, 7) is 2.16. The van der Waals surface area contributed by atoms with Crippen LogP contribution in [0.15, 0.2) is 0 Å². The molecule has 1 saturated carbocycles. The third kappa shape index (κ3) is 2.41. The third-order valence-electron chi connectivity index (χ3n) is 3.62. The van der Waals surface area contributed by atoms with Gasteiger partial charge in [-0.1, -0.05) is 19.3 Å². The number of cyclic esters (lactones) is 1. The number of ether oxygens (including phenoxy) is 1. The quantitative estimate of drug-likeness (QED) is 0.753. The summed E-state index contributed by atoms with van der Waals surface area (Å²) in [4.78, 5) is 13.2. The molecule has 1 amide bonds. The van der Waals surface area contributed by atoms with E-state index in [0.29, 0.717) is 6.61 Å². The van der Waals surface area contributed by atoms with Gasteiger partial charge in [-0.3, -0.25) is 0 Å². The van der Waals surface area contributed by atoms with Crippen molar-refractivity contribution in [1.82, 2.24) is 4.90 Å². The van der Waals surface area contributed by atoms with Gasteiger partial charge in [0.1, 0.15) is 6.61 Å². The lowest BCUT2D eigenvalue weighted by molar-refractivity contribution is 0.127. The van der Waals surface area contributed by atoms with Gasteiger partial charge in [0, 0.05) is 6.54 Å². The number of carbonyl (C=O) groups is 1. The highest BCUT2D eigenvalue weighted by Gasteiger charge is 2.36. The number of hydrogen-bond donors (Lipinski definition) is 1. The lowest BCUT2D eigenvalue weighted by Gasteiger charge is -2.38. The van der Waals surface area contributed by atoms with E-state index >= 15 is 0 Å². The van der Waals surface area contributed by atoms with Gasteiger partial charge < -0.3 is 9.64 Å². The van der Waals surface area contributed by atoms with Gasteiger partial charge in [-0.05, 0) is 24.0 Å². The zero-order valence-corrected chi connectivity index (χ0v) is 9.97. The van der Waals surface area contributed by atoms with Crippen LogP contribution in [0.1, 0.15) is 32.1 Å². The molecule has 0 radical (unpaired) electrons. The highest BCUT2D eigenvalue weighted by Crippen LogP contribution is 2.38. The summed E-state index contributed by atoms with van der Waals surface area (Å²) in [5, 5.41) is 0. The first-order chi connectivity index (χ1) is 7.26. The zero-order chi connectivity index (χ0) is 10.7. The Morgan fingerprint density at radius 3 is 2.60 bits per heavy atom. The normalized spacial score (nSPS) is 25.4. The van der Waals surface area contributed by atoms with Crippen LogP contribution in [0, 0.1) is 5.41 Å². The third-order valence-corrected chi connectivity index (χ3v) is 4.29. The average molecular weight is 229 g/mol. The Morgan fingerprint density at radius 1 is 1.33 bits per heavy atom. The van der Waals surface area contributed by atoms with E-state index < -0.39 is 0 Å². The summed E-state index contributed by atoms with van der Waals surface area (Å²) < 4.78 is 4.96. The van der Waals surface area contributed by atoms with Crippen LogP contribution in [0.2, 0.25) is 0 Å². The van der Waals surface area contributed by atoms with Crippen LogP contribution in [-0.2, 0) is 4.74 Å². The van der Waals surface area contributed by atoms with Gasteiger partial charge in [0.2, 0.25) is 0 Å². The monoisotopic (exact) mass is 229 g/mol. The van der Waals surface area contributed by atoms with E-state index in [4.69, 9.17) is 4.74 Å². The first-order valence-corrected chi connectivity index (χ1v) is 6.42. The lowest BCUT2D eigenvalue weighted by Crippen LogP contribution is -2.41. The zero-order valence-electron chi connectivity index (χ0n) is 9.07. The molecular weight excluding hydrogens is 210 g/mol. The molecular formula is C11H19NO2S. The van der Waals surface area contributed by atoms with E-state index in [0.717, 1.165) is 18.8 Å². The number of amides is 1. The van der Waals surface area contributed by atoms with Crippen molar-refractivity contribution in [3.05, 3.63) is 0 Å². The highest BCUT2D eigenvalue weighted by atomic mass is 32.1. The molecule has 2 rings (SSSR count). The van der Waals surface area contributed by atoms with Gasteiger partial charge in [0.05, 0.1) is 6.54 Å². The smallest absolute Gasteiger partial charge is 0.409 e. The molecule has 1 aliphatic carbocycles. The van der Waals surface area contributed by atoms with Crippen molar-refractivity contribution in [2.45, 2.75) is 32.1 Å². The second-order valence-electron chi connectivity index (χ2n) is 4.75. The topological polar surface area (TPSA) is 29.5 Å². The molecule has 0 unspecified atom stereocenters. The number of carbonyl (C=O) groups excluding carboxylic acids is 1. The van der Waals surface area contributed by atoms with Gasteiger partial charge in [0.25, 0.3) is 0 Å². The van der Waals surface area contributed by atoms with Crippen LogP contribution in [0.5, 0.6) is 0 Å². The van der Waals surface area contributed by atoms with E-state index in [1.165, 1.54) is 32.1 Å². The van der Waals surface area contributed by atoms with Crippen molar-refractivity contribution in [3.8, 4) is 0 Å². The molecule has 2 fully saturated rings. The molecule has 3 nitrogen and oxygen atoms in total. The van der Waals surface area contributed by atoms with Gasteiger partial charge in [-0.15, -0.1) is 0 Å². The summed E-state index contributed by atoms with van der Waals surface area (Å²) in [5.74, 6) is 0.886. The summed E-state index contributed by atoms with van der Waals surface area (Å²) in [5.41, 5.74) is 0.255. The predicted octanol–water partition coefficient (Wildman–Crippen LogP) is 2.32. The van der Waals surface area contributed by atoms with E-state index in [9.17, 15) is 4.79 Å². The number of rotatable bonds is 3. The fourth-order valence-corrected chi connectivity index (χ4v) is 3.06. The van der Waals surface area contributed by atoms with Gasteiger partial charge >= 0.3 is 6.09 Å². The summed E-state index contributed by atoms with van der Waals surface area (Å²) >= 11 is 4.47. The van der Waals surface area contributed by atoms with Crippen molar-refractivity contribution >= 4 is 18.7 Å². The first-order valence-electron chi connectivity index (χ1n) is 5.78. The summed E-state index contributed by atoms with van der Waals surface area (Å²) in [6.07, 6.45) is 6.18. The molecule has 2 aliphatic rings. The molecule has 86 valence electrons. The fraction of sp³-hybridized carbons (Fsp3) is 0.909. The fourth-order valence-electron chi connectivity index (χ4n) is 2.64. The molecule has 0 aromatic rings. The summed E-state index contributed by atoms with van der Waals surface area (Å²) in [7, 11) is 0. The second-order valence-corrected chi connectivity index (χ2v) is 5.07. The largest absolute Gasteiger partial charge is 0.448 e. The minimum atomic E-state index is -0.137. The van der Waals surface area contributed by atoms with E-state index in [1.54, 1.807) is 0 Å². The molecule has 4 heteroatoms. The molecule has 1 heterocycles. The van der Waals surface area contributed by atoms with Crippen LogP contribution in [0.3, 0.4) is 0 Å². The maximum absolute atomic E-state index is 11.4. The van der Waals surface area contributed by atoms with Crippen molar-refractivity contribution in [3.63, 3.8) is 0 Å². The number of thiol groups is 1. The average Bonchev–Trinajstić information content (AvgIpc) is 2.66. The molecule has 0 bridgehead atoms. The van der Waals surface area contributed by atoms with Crippen molar-refractivity contribution in [2.75, 3.05) is 25.4 Å². The minimum absolute atomic E-state index is 0.137. The molecule has 0 N–H and O–H groups in total. The van der Waals surface area contributed by atoms with Crippen molar-refractivity contribution in [1.29, 1.82) is 0 Å². The Hall–Kier alpha value is -0.380. The molecule has 1 saturated heterocycles. The Morgan fingerprint density at radius 2 is 2.07 bits per heavy atom. The Labute approximate surface area is 96.6 Å². The SMILES string of the molecule is O=C1OCCN1CC1(CS)CCCCC1. The maximum Gasteiger partial charge on any atom is 0.409 e. The van der Waals surface area contributed by atoms with Crippen LogP contribution in [-0.4, -0.2) is 36.4 Å². The van der Waals surface area contributed by atoms with Gasteiger partial charge in [-0.25, -0.2) is 4.79 Å². The number of nitrogens with zero attached hydrogens (tertiary/aromatic N) is 1. The number of hydrogen-bond acceptors (Lipinski definition) is 3. The van der Waals surface area contributed by atoms with Crippen molar-refractivity contribution < 1.29 is 9.53 Å². The van der Waals surface area contributed by atoms with Crippen LogP contribution < -0.4 is 0 Å². The van der Waals surface area contributed by atoms with Crippen LogP contribution >= 0.6 is 12.6 Å². The predicted molar refractivity (Wildman–Crippen MR) is 62.3 cm³/mol. The summed E-state index contributed by atoms with van der Waals surface area (Å²) in [6, 6.07) is 0. The minimum Gasteiger partial charge on any atom is -0.448 e. The maximum atomic E-state index is 11.4. The van der Waals surface area contributed by atoms with E-state index in [-0.39, 0.29) is 11.5 Å². The van der Waals surface area contributed by atoms with Crippen LogP contribution in [0.25, 0.3) is 0 Å². The molecule has 0 aromatic carbocycles.